The Labute approximate surface area is 254 Å². The Balaban J connectivity index is 1.60. The average Bonchev–Trinajstić information content (AvgIpc) is 3.75. The summed E-state index contributed by atoms with van der Waals surface area (Å²) in [5.74, 6) is 8.37. The number of methoxy groups -OCH3 is 3. The maximum Gasteiger partial charge on any atom is 0.251 e. The second kappa shape index (κ2) is 14.8. The van der Waals surface area contributed by atoms with Crippen molar-refractivity contribution in [3.05, 3.63) is 80.2 Å². The van der Waals surface area contributed by atoms with Crippen LogP contribution in [0, 0.1) is 24.7 Å². The van der Waals surface area contributed by atoms with Crippen LogP contribution in [-0.4, -0.2) is 39.5 Å². The predicted molar refractivity (Wildman–Crippen MR) is 174 cm³/mol. The number of nitrogens with one attached hydrogen (secondary N) is 1. The van der Waals surface area contributed by atoms with E-state index in [0.717, 1.165) is 59.4 Å². The number of aliphatic imine (C=N–C) groups is 1. The lowest BCUT2D eigenvalue weighted by Crippen LogP contribution is -2.25. The molecule has 0 aromatic heterocycles. The normalized spacial score (nSPS) is 17.6. The number of aryl methyl sites for hydroxylation is 1. The van der Waals surface area contributed by atoms with E-state index in [9.17, 15) is 4.79 Å². The van der Waals surface area contributed by atoms with Crippen molar-refractivity contribution in [3.63, 3.8) is 0 Å². The van der Waals surface area contributed by atoms with Crippen LogP contribution in [0.1, 0.15) is 73.0 Å². The lowest BCUT2D eigenvalue weighted by molar-refractivity contribution is 0.0951. The Morgan fingerprint density at radius 2 is 1.83 bits per heavy atom. The summed E-state index contributed by atoms with van der Waals surface area (Å²) < 4.78 is 16.5. The van der Waals surface area contributed by atoms with E-state index >= 15 is 0 Å². The highest BCUT2D eigenvalue weighted by atomic mass is 32.2. The maximum absolute atomic E-state index is 12.6. The molecular formula is C35H40N2O4S. The van der Waals surface area contributed by atoms with Crippen LogP contribution < -0.4 is 19.5 Å². The van der Waals surface area contributed by atoms with Crippen molar-refractivity contribution in [1.82, 2.24) is 5.32 Å². The molecule has 1 unspecified atom stereocenters. The molecule has 1 atom stereocenters. The van der Waals surface area contributed by atoms with Gasteiger partial charge >= 0.3 is 0 Å². The van der Waals surface area contributed by atoms with Gasteiger partial charge < -0.3 is 19.5 Å². The van der Waals surface area contributed by atoms with Gasteiger partial charge in [-0.1, -0.05) is 56.2 Å². The maximum atomic E-state index is 12.6. The van der Waals surface area contributed by atoms with Gasteiger partial charge in [-0.25, -0.2) is 0 Å². The van der Waals surface area contributed by atoms with Gasteiger partial charge in [0.05, 0.1) is 21.3 Å². The van der Waals surface area contributed by atoms with Gasteiger partial charge in [0, 0.05) is 34.2 Å². The summed E-state index contributed by atoms with van der Waals surface area (Å²) in [6, 6.07) is 9.90. The molecule has 220 valence electrons. The summed E-state index contributed by atoms with van der Waals surface area (Å²) in [5.41, 5.74) is 5.54. The van der Waals surface area contributed by atoms with Crippen LogP contribution in [0.15, 0.2) is 63.0 Å². The summed E-state index contributed by atoms with van der Waals surface area (Å²) in [6.45, 7) is 6.42. The van der Waals surface area contributed by atoms with Crippen molar-refractivity contribution in [1.29, 1.82) is 0 Å². The quantitative estimate of drug-likeness (QED) is 0.166. The molecule has 4 rings (SSSR count). The van der Waals surface area contributed by atoms with Gasteiger partial charge in [-0.3, -0.25) is 9.79 Å². The molecule has 2 aromatic carbocycles. The Hall–Kier alpha value is -3.89. The molecule has 7 heteroatoms. The minimum absolute atomic E-state index is 0.00220. The van der Waals surface area contributed by atoms with Crippen molar-refractivity contribution in [2.75, 3.05) is 21.3 Å². The van der Waals surface area contributed by atoms with Crippen molar-refractivity contribution in [2.45, 2.75) is 58.9 Å². The third-order valence-corrected chi connectivity index (χ3v) is 8.45. The molecule has 1 amide bonds. The molecule has 0 saturated heterocycles. The number of amides is 1. The number of nitrogens with zero attached hydrogens (tertiary/aromatic N) is 1. The van der Waals surface area contributed by atoms with Gasteiger partial charge in [0.25, 0.3) is 5.91 Å². The van der Waals surface area contributed by atoms with E-state index in [2.05, 4.69) is 55.5 Å². The molecule has 2 aliphatic rings. The smallest absolute Gasteiger partial charge is 0.251 e. The molecule has 6 nitrogen and oxygen atoms in total. The van der Waals surface area contributed by atoms with Crippen LogP contribution >= 0.6 is 11.8 Å². The molecule has 0 spiro atoms. The van der Waals surface area contributed by atoms with Crippen LogP contribution in [0.3, 0.4) is 0 Å². The van der Waals surface area contributed by atoms with E-state index in [0.29, 0.717) is 28.9 Å². The summed E-state index contributed by atoms with van der Waals surface area (Å²) in [7, 11) is 4.78. The first-order chi connectivity index (χ1) is 20.4. The van der Waals surface area contributed by atoms with Crippen LogP contribution in [0.25, 0.3) is 6.08 Å². The molecule has 1 saturated carbocycles. The largest absolute Gasteiger partial charge is 0.493 e. The number of thioether (sulfide) groups is 1. The zero-order valence-electron chi connectivity index (χ0n) is 25.4. The number of carbonyl (C=O) groups is 1. The van der Waals surface area contributed by atoms with Gasteiger partial charge in [-0.2, -0.15) is 0 Å². The predicted octanol–water partition coefficient (Wildman–Crippen LogP) is 7.72. The van der Waals surface area contributed by atoms with Gasteiger partial charge in [0.15, 0.2) is 11.5 Å². The molecule has 0 bridgehead atoms. The second-order valence-corrected chi connectivity index (χ2v) is 11.4. The number of benzene rings is 2. The fourth-order valence-corrected chi connectivity index (χ4v) is 5.57. The first-order valence-electron chi connectivity index (χ1n) is 14.4. The van der Waals surface area contributed by atoms with E-state index in [4.69, 9.17) is 19.2 Å². The summed E-state index contributed by atoms with van der Waals surface area (Å²) in [6.07, 6.45) is 11.4. The number of hydrogen-bond donors (Lipinski definition) is 1. The summed E-state index contributed by atoms with van der Waals surface area (Å²) >= 11 is 1.66. The van der Waals surface area contributed by atoms with E-state index in [1.54, 1.807) is 33.1 Å². The van der Waals surface area contributed by atoms with Crippen LogP contribution in [0.5, 0.6) is 17.2 Å². The highest BCUT2D eigenvalue weighted by Crippen LogP contribution is 2.42. The minimum atomic E-state index is -0.00220. The molecule has 2 aromatic rings. The van der Waals surface area contributed by atoms with E-state index in [1.165, 1.54) is 5.57 Å². The second-order valence-electron chi connectivity index (χ2n) is 10.4. The third-order valence-electron chi connectivity index (χ3n) is 7.26. The van der Waals surface area contributed by atoms with Crippen molar-refractivity contribution in [2.24, 2.45) is 10.9 Å². The van der Waals surface area contributed by atoms with E-state index in [1.807, 2.05) is 36.5 Å². The summed E-state index contributed by atoms with van der Waals surface area (Å²) in [4.78, 5) is 18.5. The lowest BCUT2D eigenvalue weighted by Gasteiger charge is -2.12. The Bertz CT molecular complexity index is 1460. The zero-order chi connectivity index (χ0) is 30.1. The lowest BCUT2D eigenvalue weighted by atomic mass is 9.98. The van der Waals surface area contributed by atoms with Gasteiger partial charge in [0.1, 0.15) is 5.70 Å². The molecule has 1 fully saturated rings. The fourth-order valence-electron chi connectivity index (χ4n) is 4.47. The zero-order valence-corrected chi connectivity index (χ0v) is 26.2. The molecule has 1 aliphatic carbocycles. The first kappa shape index (κ1) is 31.1. The Morgan fingerprint density at radius 3 is 2.48 bits per heavy atom. The highest BCUT2D eigenvalue weighted by molar-refractivity contribution is 8.06. The monoisotopic (exact) mass is 584 g/mol. The Morgan fingerprint density at radius 1 is 1.10 bits per heavy atom. The number of rotatable bonds is 11. The van der Waals surface area contributed by atoms with Crippen molar-refractivity contribution >= 4 is 30.0 Å². The molecule has 1 heterocycles. The molecule has 1 N–H and O–H groups in total. The number of unbranched alkanes of at least 4 members (excludes halogenated alkanes) is 2. The number of carbonyl (C=O) groups excluding carboxylic acids is 1. The topological polar surface area (TPSA) is 69.1 Å². The Kier molecular flexibility index (Phi) is 11.0. The number of ether oxygens (including phenoxy) is 3. The van der Waals surface area contributed by atoms with Crippen molar-refractivity contribution in [3.8, 4) is 29.1 Å². The van der Waals surface area contributed by atoms with Crippen molar-refractivity contribution < 1.29 is 19.0 Å². The van der Waals surface area contributed by atoms with Gasteiger partial charge in [-0.15, -0.1) is 0 Å². The number of hydrogen-bond acceptors (Lipinski definition) is 6. The number of allylic oxidation sites excluding steroid dienone is 4. The van der Waals surface area contributed by atoms with Gasteiger partial charge in [0.2, 0.25) is 5.75 Å². The average molecular weight is 585 g/mol. The molecule has 1 aliphatic heterocycles. The molecule has 42 heavy (non-hydrogen) atoms. The standard InChI is InChI=1S/C35H40N2O4S/c1-7-8-9-18-36-30(17-11-25-19-31(39-4)33(41-6)32(20-25)40-5)34-24(3)28(22-42-34)14-13-26-21-27(12-10-23(26)2)35(38)37-29-15-16-29/h10,12-14,18-22,24,29H,7-9,15-16H2,1-6H3,(H,37,38)/b14-13+,34-30+,36-18?. The third kappa shape index (κ3) is 7.89. The fraction of sp³-hybridized carbons (Fsp3) is 0.371. The SMILES string of the molecule is CCCCC=N/C(C#Cc1cc(OC)c(OC)c(OC)c1)=C1/SC=C(/C=C/c2cc(C(=O)NC3CC3)ccc2C)C1C. The van der Waals surface area contributed by atoms with E-state index < -0.39 is 0 Å². The highest BCUT2D eigenvalue weighted by Gasteiger charge is 2.24. The van der Waals surface area contributed by atoms with Crippen LogP contribution in [0.2, 0.25) is 0 Å². The van der Waals surface area contributed by atoms with Crippen LogP contribution in [-0.2, 0) is 0 Å². The summed E-state index contributed by atoms with van der Waals surface area (Å²) in [5, 5.41) is 5.24. The van der Waals surface area contributed by atoms with E-state index in [-0.39, 0.29) is 11.8 Å². The molecule has 0 radical (unpaired) electrons. The van der Waals surface area contributed by atoms with Gasteiger partial charge in [-0.05, 0) is 84.9 Å². The molecular weight excluding hydrogens is 544 g/mol. The first-order valence-corrected chi connectivity index (χ1v) is 15.3. The minimum Gasteiger partial charge on any atom is -0.493 e. The van der Waals surface area contributed by atoms with Crippen LogP contribution in [0.4, 0.5) is 0 Å².